The highest BCUT2D eigenvalue weighted by Gasteiger charge is 2.17. The second-order valence-corrected chi connectivity index (χ2v) is 5.65. The van der Waals surface area contributed by atoms with Gasteiger partial charge in [-0.05, 0) is 44.4 Å². The molecule has 0 bridgehead atoms. The number of aromatic nitrogens is 2. The van der Waals surface area contributed by atoms with E-state index in [1.54, 1.807) is 6.33 Å². The molecule has 0 spiro atoms. The van der Waals surface area contributed by atoms with Crippen molar-refractivity contribution in [3.05, 3.63) is 17.6 Å². The van der Waals surface area contributed by atoms with Crippen molar-refractivity contribution in [2.75, 3.05) is 25.1 Å². The zero-order valence-corrected chi connectivity index (χ0v) is 11.5. The molecular formula is C15H23N3O. The Morgan fingerprint density at radius 2 is 2.16 bits per heavy atom. The molecule has 1 unspecified atom stereocenters. The van der Waals surface area contributed by atoms with E-state index in [0.717, 1.165) is 44.3 Å². The number of nitrogens with one attached hydrogen (secondary N) is 1. The van der Waals surface area contributed by atoms with Gasteiger partial charge in [-0.25, -0.2) is 9.97 Å². The molecule has 0 amide bonds. The Morgan fingerprint density at radius 3 is 3.05 bits per heavy atom. The predicted octanol–water partition coefficient (Wildman–Crippen LogP) is 2.58. The highest BCUT2D eigenvalue weighted by molar-refractivity contribution is 5.46. The van der Waals surface area contributed by atoms with Crippen molar-refractivity contribution in [2.24, 2.45) is 5.92 Å². The second-order valence-electron chi connectivity index (χ2n) is 5.65. The van der Waals surface area contributed by atoms with E-state index in [1.165, 1.54) is 43.4 Å². The van der Waals surface area contributed by atoms with Crippen LogP contribution in [-0.2, 0) is 17.6 Å². The van der Waals surface area contributed by atoms with Gasteiger partial charge in [-0.3, -0.25) is 0 Å². The number of ether oxygens (including phenoxy) is 1. The Hall–Kier alpha value is -1.16. The Bertz CT molecular complexity index is 416. The first kappa shape index (κ1) is 12.9. The summed E-state index contributed by atoms with van der Waals surface area (Å²) in [6.07, 6.45) is 10.2. The van der Waals surface area contributed by atoms with Crippen LogP contribution in [-0.4, -0.2) is 29.7 Å². The maximum Gasteiger partial charge on any atom is 0.132 e. The molecule has 2 aliphatic rings. The van der Waals surface area contributed by atoms with Crippen LogP contribution in [0, 0.1) is 5.92 Å². The fraction of sp³-hybridized carbons (Fsp3) is 0.733. The number of aryl methyl sites for hydroxylation is 1. The summed E-state index contributed by atoms with van der Waals surface area (Å²) in [5.74, 6) is 1.80. The highest BCUT2D eigenvalue weighted by atomic mass is 16.5. The zero-order chi connectivity index (χ0) is 12.9. The Labute approximate surface area is 115 Å². The van der Waals surface area contributed by atoms with Crippen molar-refractivity contribution in [3.63, 3.8) is 0 Å². The normalized spacial score (nSPS) is 22.8. The van der Waals surface area contributed by atoms with Gasteiger partial charge in [-0.1, -0.05) is 6.42 Å². The van der Waals surface area contributed by atoms with Gasteiger partial charge in [0.1, 0.15) is 12.1 Å². The summed E-state index contributed by atoms with van der Waals surface area (Å²) in [5.41, 5.74) is 2.63. The van der Waals surface area contributed by atoms with E-state index < -0.39 is 0 Å². The number of rotatable bonds is 4. The smallest absolute Gasteiger partial charge is 0.132 e. The molecule has 1 fully saturated rings. The van der Waals surface area contributed by atoms with E-state index in [0.29, 0.717) is 0 Å². The van der Waals surface area contributed by atoms with Crippen molar-refractivity contribution >= 4 is 5.82 Å². The average molecular weight is 261 g/mol. The summed E-state index contributed by atoms with van der Waals surface area (Å²) in [6, 6.07) is 0. The molecule has 1 atom stereocenters. The lowest BCUT2D eigenvalue weighted by atomic mass is 10.1. The molecule has 1 N–H and O–H groups in total. The monoisotopic (exact) mass is 261 g/mol. The SMILES string of the molecule is c1nc2c(c(NCCC3CCOC3)n1)CCCCC2. The molecule has 1 aliphatic heterocycles. The van der Waals surface area contributed by atoms with Crippen molar-refractivity contribution < 1.29 is 4.74 Å². The molecule has 1 aromatic rings. The minimum Gasteiger partial charge on any atom is -0.381 e. The van der Waals surface area contributed by atoms with E-state index in [9.17, 15) is 0 Å². The van der Waals surface area contributed by atoms with E-state index in [4.69, 9.17) is 4.74 Å². The number of hydrogen-bond donors (Lipinski definition) is 1. The zero-order valence-electron chi connectivity index (χ0n) is 11.5. The van der Waals surface area contributed by atoms with Gasteiger partial charge in [0.25, 0.3) is 0 Å². The topological polar surface area (TPSA) is 47.0 Å². The molecule has 4 heteroatoms. The highest BCUT2D eigenvalue weighted by Crippen LogP contribution is 2.24. The lowest BCUT2D eigenvalue weighted by Gasteiger charge is -2.13. The molecule has 1 saturated heterocycles. The lowest BCUT2D eigenvalue weighted by molar-refractivity contribution is 0.185. The number of hydrogen-bond acceptors (Lipinski definition) is 4. The van der Waals surface area contributed by atoms with Gasteiger partial charge in [0.2, 0.25) is 0 Å². The van der Waals surface area contributed by atoms with Gasteiger partial charge in [0, 0.05) is 31.0 Å². The fourth-order valence-electron chi connectivity index (χ4n) is 3.06. The quantitative estimate of drug-likeness (QED) is 0.846. The molecule has 104 valence electrons. The van der Waals surface area contributed by atoms with Gasteiger partial charge >= 0.3 is 0 Å². The Kier molecular flexibility index (Phi) is 4.28. The van der Waals surface area contributed by atoms with Crippen LogP contribution in [0.2, 0.25) is 0 Å². The number of nitrogens with zero attached hydrogens (tertiary/aromatic N) is 2. The summed E-state index contributed by atoms with van der Waals surface area (Å²) in [6.45, 7) is 2.87. The molecule has 1 aromatic heterocycles. The van der Waals surface area contributed by atoms with E-state index >= 15 is 0 Å². The van der Waals surface area contributed by atoms with E-state index in [1.807, 2.05) is 0 Å². The van der Waals surface area contributed by atoms with Gasteiger partial charge in [-0.2, -0.15) is 0 Å². The molecule has 0 aromatic carbocycles. The van der Waals surface area contributed by atoms with Gasteiger partial charge in [-0.15, -0.1) is 0 Å². The number of fused-ring (bicyclic) bond motifs is 1. The van der Waals surface area contributed by atoms with Gasteiger partial charge < -0.3 is 10.1 Å². The third kappa shape index (κ3) is 3.24. The third-order valence-electron chi connectivity index (χ3n) is 4.24. The summed E-state index contributed by atoms with van der Waals surface area (Å²) in [4.78, 5) is 8.90. The summed E-state index contributed by atoms with van der Waals surface area (Å²) < 4.78 is 5.41. The van der Waals surface area contributed by atoms with Crippen LogP contribution in [0.1, 0.15) is 43.4 Å². The predicted molar refractivity (Wildman–Crippen MR) is 75.3 cm³/mol. The summed E-state index contributed by atoms with van der Waals surface area (Å²) in [5, 5.41) is 3.52. The van der Waals surface area contributed by atoms with Crippen LogP contribution in [0.15, 0.2) is 6.33 Å². The fourth-order valence-corrected chi connectivity index (χ4v) is 3.06. The maximum absolute atomic E-state index is 5.41. The first-order valence-electron chi connectivity index (χ1n) is 7.58. The first-order chi connectivity index (χ1) is 9.43. The van der Waals surface area contributed by atoms with Crippen LogP contribution >= 0.6 is 0 Å². The van der Waals surface area contributed by atoms with Crippen LogP contribution < -0.4 is 5.32 Å². The molecule has 0 radical (unpaired) electrons. The standard InChI is InChI=1S/C15H23N3O/c1-2-4-13-14(5-3-1)17-11-18-15(13)16-8-6-12-7-9-19-10-12/h11-12H,1-10H2,(H,16,17,18). The second kappa shape index (κ2) is 6.33. The van der Waals surface area contributed by atoms with Crippen molar-refractivity contribution in [1.29, 1.82) is 0 Å². The molecule has 2 heterocycles. The summed E-state index contributed by atoms with van der Waals surface area (Å²) in [7, 11) is 0. The van der Waals surface area contributed by atoms with Gasteiger partial charge in [0.05, 0.1) is 0 Å². The van der Waals surface area contributed by atoms with Crippen molar-refractivity contribution in [2.45, 2.75) is 44.9 Å². The lowest BCUT2D eigenvalue weighted by Crippen LogP contribution is -2.12. The molecule has 1 aliphatic carbocycles. The van der Waals surface area contributed by atoms with Crippen LogP contribution in [0.3, 0.4) is 0 Å². The van der Waals surface area contributed by atoms with Gasteiger partial charge in [0.15, 0.2) is 0 Å². The van der Waals surface area contributed by atoms with Crippen molar-refractivity contribution in [3.8, 4) is 0 Å². The van der Waals surface area contributed by atoms with E-state index in [-0.39, 0.29) is 0 Å². The Morgan fingerprint density at radius 1 is 1.21 bits per heavy atom. The molecule has 3 rings (SSSR count). The summed E-state index contributed by atoms with van der Waals surface area (Å²) >= 11 is 0. The molecule has 19 heavy (non-hydrogen) atoms. The average Bonchev–Trinajstić information content (AvgIpc) is 2.82. The minimum atomic E-state index is 0.730. The van der Waals surface area contributed by atoms with E-state index in [2.05, 4.69) is 15.3 Å². The molecule has 4 nitrogen and oxygen atoms in total. The van der Waals surface area contributed by atoms with Crippen LogP contribution in [0.4, 0.5) is 5.82 Å². The minimum absolute atomic E-state index is 0.730. The largest absolute Gasteiger partial charge is 0.381 e. The maximum atomic E-state index is 5.41. The van der Waals surface area contributed by atoms with Crippen molar-refractivity contribution in [1.82, 2.24) is 9.97 Å². The van der Waals surface area contributed by atoms with Crippen LogP contribution in [0.5, 0.6) is 0 Å². The molecular weight excluding hydrogens is 238 g/mol. The molecule has 0 saturated carbocycles. The van der Waals surface area contributed by atoms with Crippen LogP contribution in [0.25, 0.3) is 0 Å². The third-order valence-corrected chi connectivity index (χ3v) is 4.24. The number of anilines is 1. The first-order valence-corrected chi connectivity index (χ1v) is 7.58. The Balaban J connectivity index is 1.60.